The van der Waals surface area contributed by atoms with Crippen molar-refractivity contribution in [3.05, 3.63) is 83.9 Å². The van der Waals surface area contributed by atoms with E-state index < -0.39 is 10.0 Å². The predicted molar refractivity (Wildman–Crippen MR) is 124 cm³/mol. The zero-order chi connectivity index (χ0) is 22.0. The first-order valence-electron chi connectivity index (χ1n) is 10.6. The first-order chi connectivity index (χ1) is 15.0. The Kier molecular flexibility index (Phi) is 5.94. The monoisotopic (exact) mass is 434 g/mol. The van der Waals surface area contributed by atoms with E-state index in [4.69, 9.17) is 0 Å². The van der Waals surface area contributed by atoms with Gasteiger partial charge in [-0.15, -0.1) is 0 Å². The summed E-state index contributed by atoms with van der Waals surface area (Å²) in [6.07, 6.45) is 0.644. The van der Waals surface area contributed by atoms with Gasteiger partial charge in [0.05, 0.1) is 4.90 Å². The van der Waals surface area contributed by atoms with Crippen molar-refractivity contribution in [1.29, 1.82) is 0 Å². The minimum absolute atomic E-state index is 0.0716. The number of rotatable bonds is 6. The average molecular weight is 435 g/mol. The normalized spacial score (nSPS) is 13.5. The number of nitrogens with zero attached hydrogens (tertiary/aromatic N) is 2. The lowest BCUT2D eigenvalue weighted by Crippen LogP contribution is -2.30. The summed E-state index contributed by atoms with van der Waals surface area (Å²) in [7, 11) is -3.51. The van der Waals surface area contributed by atoms with E-state index in [1.54, 1.807) is 23.1 Å². The summed E-state index contributed by atoms with van der Waals surface area (Å²) in [5.74, 6) is -0.0716. The van der Waals surface area contributed by atoms with Crippen molar-refractivity contribution in [3.8, 4) is 11.1 Å². The fourth-order valence-electron chi connectivity index (χ4n) is 4.05. The zero-order valence-corrected chi connectivity index (χ0v) is 18.6. The van der Waals surface area contributed by atoms with Gasteiger partial charge >= 0.3 is 0 Å². The molecule has 160 valence electrons. The molecule has 6 heteroatoms. The van der Waals surface area contributed by atoms with Gasteiger partial charge in [0, 0.05) is 30.9 Å². The van der Waals surface area contributed by atoms with E-state index >= 15 is 0 Å². The van der Waals surface area contributed by atoms with Crippen LogP contribution in [0.4, 0.5) is 5.69 Å². The maximum atomic E-state index is 13.1. The Balaban J connectivity index is 1.58. The van der Waals surface area contributed by atoms with Crippen LogP contribution in [0.15, 0.2) is 77.7 Å². The number of sulfonamides is 1. The van der Waals surface area contributed by atoms with Crippen molar-refractivity contribution in [2.24, 2.45) is 0 Å². The number of amides is 1. The molecule has 1 aliphatic heterocycles. The summed E-state index contributed by atoms with van der Waals surface area (Å²) < 4.78 is 27.1. The van der Waals surface area contributed by atoms with Crippen molar-refractivity contribution >= 4 is 21.6 Å². The maximum Gasteiger partial charge on any atom is 0.258 e. The van der Waals surface area contributed by atoms with Gasteiger partial charge in [-0.3, -0.25) is 4.79 Å². The number of carbonyl (C=O) groups excluding carboxylic acids is 1. The molecule has 31 heavy (non-hydrogen) atoms. The van der Waals surface area contributed by atoms with Crippen molar-refractivity contribution in [3.63, 3.8) is 0 Å². The number of anilines is 1. The second kappa shape index (κ2) is 8.65. The number of hydrogen-bond acceptors (Lipinski definition) is 3. The Labute approximate surface area is 184 Å². The fourth-order valence-corrected chi connectivity index (χ4v) is 5.56. The smallest absolute Gasteiger partial charge is 0.258 e. The summed E-state index contributed by atoms with van der Waals surface area (Å²) in [4.78, 5) is 15.2. The molecule has 0 radical (unpaired) electrons. The van der Waals surface area contributed by atoms with Crippen LogP contribution in [0.25, 0.3) is 11.1 Å². The number of carbonyl (C=O) groups is 1. The fraction of sp³-hybridized carbons (Fsp3) is 0.240. The van der Waals surface area contributed by atoms with Crippen LogP contribution in [0.1, 0.15) is 29.8 Å². The van der Waals surface area contributed by atoms with Gasteiger partial charge in [-0.2, -0.15) is 4.31 Å². The van der Waals surface area contributed by atoms with Crippen LogP contribution in [0.2, 0.25) is 0 Å². The molecule has 4 rings (SSSR count). The van der Waals surface area contributed by atoms with Gasteiger partial charge in [-0.1, -0.05) is 56.3 Å². The molecule has 0 saturated heterocycles. The second-order valence-corrected chi connectivity index (χ2v) is 9.47. The van der Waals surface area contributed by atoms with E-state index in [1.807, 2.05) is 68.4 Å². The molecule has 0 bridgehead atoms. The molecule has 0 unspecified atom stereocenters. The third-order valence-electron chi connectivity index (χ3n) is 5.77. The first-order valence-corrected chi connectivity index (χ1v) is 12.0. The van der Waals surface area contributed by atoms with Crippen molar-refractivity contribution in [2.45, 2.75) is 25.2 Å². The van der Waals surface area contributed by atoms with E-state index in [0.29, 0.717) is 31.6 Å². The highest BCUT2D eigenvalue weighted by atomic mass is 32.2. The lowest BCUT2D eigenvalue weighted by molar-refractivity contribution is 0.0989. The van der Waals surface area contributed by atoms with Gasteiger partial charge in [0.15, 0.2) is 0 Å². The molecule has 0 saturated carbocycles. The average Bonchev–Trinajstić information content (AvgIpc) is 3.23. The van der Waals surface area contributed by atoms with E-state index in [2.05, 4.69) is 0 Å². The standard InChI is InChI=1S/C25H26N2O3S/c1-3-26(4-2)31(29,30)23-14-15-24-22(18-23)16-17-27(24)25(28)21-12-10-20(11-13-21)19-8-6-5-7-9-19/h5-15,18H,3-4,16-17H2,1-2H3. The molecule has 0 N–H and O–H groups in total. The van der Waals surface area contributed by atoms with E-state index in [1.165, 1.54) is 4.31 Å². The van der Waals surface area contributed by atoms with Gasteiger partial charge in [-0.05, 0) is 53.4 Å². The lowest BCUT2D eigenvalue weighted by Gasteiger charge is -2.20. The third kappa shape index (κ3) is 4.01. The second-order valence-electron chi connectivity index (χ2n) is 7.53. The van der Waals surface area contributed by atoms with Crippen LogP contribution in [-0.2, 0) is 16.4 Å². The van der Waals surface area contributed by atoms with Crippen molar-refractivity contribution in [1.82, 2.24) is 4.31 Å². The minimum Gasteiger partial charge on any atom is -0.308 e. The molecule has 0 fully saturated rings. The van der Waals surface area contributed by atoms with Gasteiger partial charge in [-0.25, -0.2) is 8.42 Å². The first kappa shape index (κ1) is 21.3. The van der Waals surface area contributed by atoms with E-state index in [0.717, 1.165) is 22.4 Å². The Morgan fingerprint density at radius 3 is 2.19 bits per heavy atom. The Hall–Kier alpha value is -2.96. The van der Waals surface area contributed by atoms with Gasteiger partial charge in [0.25, 0.3) is 5.91 Å². The third-order valence-corrected chi connectivity index (χ3v) is 7.82. The molecule has 3 aromatic rings. The van der Waals surface area contributed by atoms with Crippen LogP contribution >= 0.6 is 0 Å². The molecule has 1 aliphatic rings. The van der Waals surface area contributed by atoms with Crippen LogP contribution in [0.5, 0.6) is 0 Å². The SMILES string of the molecule is CCN(CC)S(=O)(=O)c1ccc2c(c1)CCN2C(=O)c1ccc(-c2ccccc2)cc1. The summed E-state index contributed by atoms with van der Waals surface area (Å²) in [5.41, 5.74) is 4.46. The van der Waals surface area contributed by atoms with E-state index in [9.17, 15) is 13.2 Å². The Morgan fingerprint density at radius 2 is 1.55 bits per heavy atom. The molecule has 3 aromatic carbocycles. The molecular formula is C25H26N2O3S. The quantitative estimate of drug-likeness (QED) is 0.570. The summed E-state index contributed by atoms with van der Waals surface area (Å²) >= 11 is 0. The largest absolute Gasteiger partial charge is 0.308 e. The van der Waals surface area contributed by atoms with E-state index in [-0.39, 0.29) is 10.8 Å². The lowest BCUT2D eigenvalue weighted by atomic mass is 10.0. The molecular weight excluding hydrogens is 408 g/mol. The van der Waals surface area contributed by atoms with Gasteiger partial charge in [0.2, 0.25) is 10.0 Å². The molecule has 5 nitrogen and oxygen atoms in total. The van der Waals surface area contributed by atoms with Crippen molar-refractivity contribution in [2.75, 3.05) is 24.5 Å². The predicted octanol–water partition coefficient (Wildman–Crippen LogP) is 4.59. The van der Waals surface area contributed by atoms with Gasteiger partial charge in [0.1, 0.15) is 0 Å². The summed E-state index contributed by atoms with van der Waals surface area (Å²) in [6.45, 7) is 5.07. The number of benzene rings is 3. The molecule has 0 aliphatic carbocycles. The van der Waals surface area contributed by atoms with Crippen LogP contribution in [0, 0.1) is 0 Å². The Bertz CT molecular complexity index is 1190. The molecule has 1 heterocycles. The highest BCUT2D eigenvalue weighted by molar-refractivity contribution is 7.89. The zero-order valence-electron chi connectivity index (χ0n) is 17.8. The highest BCUT2D eigenvalue weighted by Crippen LogP contribution is 2.32. The summed E-state index contributed by atoms with van der Waals surface area (Å²) in [6, 6.07) is 22.7. The summed E-state index contributed by atoms with van der Waals surface area (Å²) in [5, 5.41) is 0. The molecule has 0 atom stereocenters. The van der Waals surface area contributed by atoms with Crippen LogP contribution < -0.4 is 4.90 Å². The number of hydrogen-bond donors (Lipinski definition) is 0. The van der Waals surface area contributed by atoms with Gasteiger partial charge < -0.3 is 4.90 Å². The molecule has 0 aromatic heterocycles. The minimum atomic E-state index is -3.51. The van der Waals surface area contributed by atoms with Crippen LogP contribution in [0.3, 0.4) is 0 Å². The molecule has 1 amide bonds. The van der Waals surface area contributed by atoms with Crippen LogP contribution in [-0.4, -0.2) is 38.3 Å². The topological polar surface area (TPSA) is 57.7 Å². The number of fused-ring (bicyclic) bond motifs is 1. The Morgan fingerprint density at radius 1 is 0.903 bits per heavy atom. The van der Waals surface area contributed by atoms with Crippen molar-refractivity contribution < 1.29 is 13.2 Å². The molecule has 0 spiro atoms. The highest BCUT2D eigenvalue weighted by Gasteiger charge is 2.29. The maximum absolute atomic E-state index is 13.1.